The van der Waals surface area contributed by atoms with Crippen LogP contribution in [-0.4, -0.2) is 20.2 Å². The molecule has 4 nitrogen and oxygen atoms in total. The van der Waals surface area contributed by atoms with E-state index in [0.717, 1.165) is 59.5 Å². The molecule has 0 radical (unpaired) electrons. The van der Waals surface area contributed by atoms with E-state index < -0.39 is 0 Å². The minimum atomic E-state index is 0.190. The molecule has 66 heavy (non-hydrogen) atoms. The van der Waals surface area contributed by atoms with Crippen LogP contribution in [0.2, 0.25) is 0 Å². The van der Waals surface area contributed by atoms with Crippen LogP contribution >= 0.6 is 0 Å². The Labute approximate surface area is 385 Å². The lowest BCUT2D eigenvalue weighted by Gasteiger charge is -2.35. The normalized spacial score (nSPS) is 16.9. The molecule has 4 heteroatoms. The predicted molar refractivity (Wildman–Crippen MR) is 270 cm³/mol. The van der Waals surface area contributed by atoms with Crippen molar-refractivity contribution in [2.45, 2.75) is 43.4 Å². The zero-order chi connectivity index (χ0) is 43.6. The van der Waals surface area contributed by atoms with Crippen LogP contribution in [-0.2, 0) is 19.3 Å². The van der Waals surface area contributed by atoms with Gasteiger partial charge in [-0.1, -0.05) is 188 Å². The van der Waals surface area contributed by atoms with Gasteiger partial charge in [0.2, 0.25) is 5.95 Å². The highest BCUT2D eigenvalue weighted by Crippen LogP contribution is 2.50. The first kappa shape index (κ1) is 38.5. The number of hydrogen-bond acceptors (Lipinski definition) is 3. The van der Waals surface area contributed by atoms with Gasteiger partial charge in [0.15, 0.2) is 0 Å². The van der Waals surface area contributed by atoms with Gasteiger partial charge in [-0.3, -0.25) is 4.57 Å². The zero-order valence-electron chi connectivity index (χ0n) is 36.6. The monoisotopic (exact) mass is 846 g/mol. The molecule has 0 bridgehead atoms. The molecule has 314 valence electrons. The molecule has 0 saturated carbocycles. The summed E-state index contributed by atoms with van der Waals surface area (Å²) in [4.78, 5) is 16.6. The van der Waals surface area contributed by atoms with Crippen LogP contribution in [0.1, 0.15) is 63.1 Å². The van der Waals surface area contributed by atoms with Gasteiger partial charge in [-0.25, -0.2) is 15.0 Å². The summed E-state index contributed by atoms with van der Waals surface area (Å²) in [5.41, 5.74) is 20.8. The highest BCUT2D eigenvalue weighted by molar-refractivity contribution is 6.02. The van der Waals surface area contributed by atoms with Gasteiger partial charge in [-0.2, -0.15) is 0 Å². The highest BCUT2D eigenvalue weighted by Gasteiger charge is 2.37. The second kappa shape index (κ2) is 15.9. The third kappa shape index (κ3) is 6.63. The second-order valence-electron chi connectivity index (χ2n) is 18.2. The molecule has 13 rings (SSSR count). The van der Waals surface area contributed by atoms with Crippen LogP contribution in [0.4, 0.5) is 5.82 Å². The quantitative estimate of drug-likeness (QED) is 0.160. The zero-order valence-corrected chi connectivity index (χ0v) is 36.6. The molecular formula is C62H46N4. The average Bonchev–Trinajstić information content (AvgIpc) is 3.71. The molecule has 1 aliphatic heterocycles. The van der Waals surface area contributed by atoms with Gasteiger partial charge < -0.3 is 0 Å². The van der Waals surface area contributed by atoms with Crippen molar-refractivity contribution in [2.75, 3.05) is 0 Å². The standard InChI is InChI=1S/C62H46N4/c1-5-17-40(18-6-1)33-47-37-59-54(50-28-16-15-27-49(47)50)38-56-55-35-45(44-29-31-51-52(41-19-7-2-8-20-41)36-46-25-13-14-26-48(46)53(51)34-44)30-32-60(55)66(61(56)63-59)62-64-57(42-21-9-3-10-22-42)39-58(65-62)43-23-11-4-12-24-43/h1-32,34-35,39,47,52,54H,33,36-38H2. The fraction of sp³-hybridized carbons (Fsp3) is 0.113. The third-order valence-corrected chi connectivity index (χ3v) is 14.4. The first-order valence-electron chi connectivity index (χ1n) is 23.4. The Morgan fingerprint density at radius 1 is 0.455 bits per heavy atom. The Morgan fingerprint density at radius 3 is 1.82 bits per heavy atom. The molecule has 0 spiro atoms. The number of rotatable bonds is 7. The van der Waals surface area contributed by atoms with Crippen molar-refractivity contribution in [3.8, 4) is 50.7 Å². The summed E-state index contributed by atoms with van der Waals surface area (Å²) in [5, 5.41) is 1.20. The molecule has 10 aromatic rings. The number of fused-ring (bicyclic) bond motifs is 9. The maximum absolute atomic E-state index is 5.80. The number of aliphatic imine (C=N–C) groups is 1. The van der Waals surface area contributed by atoms with E-state index in [1.165, 1.54) is 72.3 Å². The fourth-order valence-electron chi connectivity index (χ4n) is 11.3. The summed E-state index contributed by atoms with van der Waals surface area (Å²) in [5.74, 6) is 2.41. The van der Waals surface area contributed by atoms with E-state index in [0.29, 0.717) is 17.8 Å². The van der Waals surface area contributed by atoms with Crippen LogP contribution in [0.3, 0.4) is 0 Å². The first-order chi connectivity index (χ1) is 32.7. The van der Waals surface area contributed by atoms with Crippen LogP contribution in [0.5, 0.6) is 0 Å². The predicted octanol–water partition coefficient (Wildman–Crippen LogP) is 14.9. The van der Waals surface area contributed by atoms with E-state index in [4.69, 9.17) is 15.0 Å². The number of hydrogen-bond donors (Lipinski definition) is 0. The Morgan fingerprint density at radius 2 is 1.08 bits per heavy atom. The van der Waals surface area contributed by atoms with Crippen LogP contribution in [0, 0.1) is 0 Å². The summed E-state index contributed by atoms with van der Waals surface area (Å²) in [6, 6.07) is 77.3. The molecule has 3 atom stereocenters. The summed E-state index contributed by atoms with van der Waals surface area (Å²) >= 11 is 0. The van der Waals surface area contributed by atoms with Crippen molar-refractivity contribution < 1.29 is 0 Å². The molecular weight excluding hydrogens is 801 g/mol. The van der Waals surface area contributed by atoms with E-state index in [9.17, 15) is 0 Å². The minimum absolute atomic E-state index is 0.190. The summed E-state index contributed by atoms with van der Waals surface area (Å²) in [6.07, 6.45) is 3.74. The lowest BCUT2D eigenvalue weighted by Crippen LogP contribution is -2.28. The van der Waals surface area contributed by atoms with Crippen molar-refractivity contribution in [1.82, 2.24) is 14.5 Å². The largest absolute Gasteiger partial charge is 0.262 e. The van der Waals surface area contributed by atoms with Crippen molar-refractivity contribution in [3.05, 3.63) is 251 Å². The van der Waals surface area contributed by atoms with Gasteiger partial charge in [0.05, 0.1) is 16.9 Å². The Hall–Kier alpha value is -7.95. The highest BCUT2D eigenvalue weighted by atomic mass is 15.2. The molecule has 0 amide bonds. The van der Waals surface area contributed by atoms with Crippen molar-refractivity contribution in [2.24, 2.45) is 4.99 Å². The topological polar surface area (TPSA) is 43.1 Å². The molecule has 0 saturated heterocycles. The maximum atomic E-state index is 5.80. The molecule has 0 N–H and O–H groups in total. The van der Waals surface area contributed by atoms with Gasteiger partial charge in [0, 0.05) is 39.6 Å². The summed E-state index contributed by atoms with van der Waals surface area (Å²) in [6.45, 7) is 0. The SMILES string of the molecule is c1ccc(CC2CC3=Nc4c(c5cc(-c6ccc7c(c6)-c6ccccc6CC7c6ccccc6)ccc5n4-c4nc(-c5ccccc5)cc(-c5ccccc5)n4)CC3c3ccccc32)cc1. The molecule has 0 fully saturated rings. The van der Waals surface area contributed by atoms with Crippen molar-refractivity contribution in [3.63, 3.8) is 0 Å². The van der Waals surface area contributed by atoms with E-state index in [2.05, 4.69) is 217 Å². The minimum Gasteiger partial charge on any atom is -0.262 e. The molecule has 2 aromatic heterocycles. The smallest absolute Gasteiger partial charge is 0.236 e. The first-order valence-corrected chi connectivity index (χ1v) is 23.4. The Bertz CT molecular complexity index is 3420. The van der Waals surface area contributed by atoms with Crippen LogP contribution in [0.25, 0.3) is 61.6 Å². The third-order valence-electron chi connectivity index (χ3n) is 14.4. The maximum Gasteiger partial charge on any atom is 0.236 e. The Kier molecular flexibility index (Phi) is 9.30. The van der Waals surface area contributed by atoms with E-state index >= 15 is 0 Å². The van der Waals surface area contributed by atoms with Gasteiger partial charge >= 0.3 is 0 Å². The average molecular weight is 847 g/mol. The van der Waals surface area contributed by atoms with Crippen LogP contribution < -0.4 is 0 Å². The lowest BCUT2D eigenvalue weighted by molar-refractivity contribution is 0.644. The summed E-state index contributed by atoms with van der Waals surface area (Å²) < 4.78 is 2.26. The van der Waals surface area contributed by atoms with Gasteiger partial charge in [0.1, 0.15) is 5.82 Å². The van der Waals surface area contributed by atoms with Crippen LogP contribution in [0.15, 0.2) is 217 Å². The van der Waals surface area contributed by atoms with E-state index in [1.807, 2.05) is 0 Å². The molecule has 2 aliphatic carbocycles. The Balaban J connectivity index is 1.01. The van der Waals surface area contributed by atoms with Gasteiger partial charge in [0.25, 0.3) is 0 Å². The molecule has 3 unspecified atom stereocenters. The lowest BCUT2D eigenvalue weighted by atomic mass is 9.70. The second-order valence-corrected chi connectivity index (χ2v) is 18.2. The van der Waals surface area contributed by atoms with Gasteiger partial charge in [-0.05, 0) is 112 Å². The van der Waals surface area contributed by atoms with E-state index in [-0.39, 0.29) is 5.92 Å². The number of nitrogens with zero attached hydrogens (tertiary/aromatic N) is 4. The molecule has 3 aliphatic rings. The van der Waals surface area contributed by atoms with E-state index in [1.54, 1.807) is 0 Å². The molecule has 3 heterocycles. The molecule has 8 aromatic carbocycles. The van der Waals surface area contributed by atoms with Gasteiger partial charge in [-0.15, -0.1) is 0 Å². The number of aromatic nitrogens is 3. The van der Waals surface area contributed by atoms with Crippen molar-refractivity contribution in [1.29, 1.82) is 0 Å². The van der Waals surface area contributed by atoms with Crippen molar-refractivity contribution >= 4 is 22.4 Å². The fourth-order valence-corrected chi connectivity index (χ4v) is 11.3. The summed E-state index contributed by atoms with van der Waals surface area (Å²) in [7, 11) is 0. The number of benzene rings is 8.